The standard InChI is InChI=1S/C14H31O2PS3/c1-3-5-7-9-11-13-16-17(15,18)20(19)14-12-10-8-6-4-2/h3-14H2,1-2H3,(H,15,18). The maximum atomic E-state index is 10.2. The van der Waals surface area contributed by atoms with Crippen LogP contribution in [0.4, 0.5) is 0 Å². The Labute approximate surface area is 137 Å². The third kappa shape index (κ3) is 11.8. The van der Waals surface area contributed by atoms with E-state index in [1.807, 2.05) is 0 Å². The predicted octanol–water partition coefficient (Wildman–Crippen LogP) is 5.24. The largest absolute Gasteiger partial charge is 0.337 e. The quantitative estimate of drug-likeness (QED) is 0.340. The fourth-order valence-corrected chi connectivity index (χ4v) is 6.34. The fraction of sp³-hybridized carbons (Fsp3) is 1.00. The van der Waals surface area contributed by atoms with Crippen molar-refractivity contribution in [2.75, 3.05) is 12.4 Å². The first kappa shape index (κ1) is 21.1. The molecule has 0 heterocycles. The first-order chi connectivity index (χ1) is 9.54. The van der Waals surface area contributed by atoms with Crippen LogP contribution in [0.15, 0.2) is 0 Å². The van der Waals surface area contributed by atoms with Crippen LogP contribution in [0.3, 0.4) is 0 Å². The van der Waals surface area contributed by atoms with E-state index in [0.29, 0.717) is 6.61 Å². The molecule has 122 valence electrons. The maximum Gasteiger partial charge on any atom is 0.248 e. The Kier molecular flexibility index (Phi) is 14.6. The van der Waals surface area contributed by atoms with Crippen LogP contribution in [0.5, 0.6) is 0 Å². The minimum Gasteiger partial charge on any atom is -0.337 e. The van der Waals surface area contributed by atoms with E-state index >= 15 is 0 Å². The van der Waals surface area contributed by atoms with Crippen LogP contribution in [0.25, 0.3) is 0 Å². The molecule has 0 aliphatic heterocycles. The van der Waals surface area contributed by atoms with Crippen molar-refractivity contribution in [3.8, 4) is 0 Å². The molecule has 2 nitrogen and oxygen atoms in total. The van der Waals surface area contributed by atoms with Gasteiger partial charge in [0.05, 0.1) is 6.61 Å². The van der Waals surface area contributed by atoms with Gasteiger partial charge in [0.25, 0.3) is 0 Å². The zero-order valence-corrected chi connectivity index (χ0v) is 16.4. The number of unbranched alkanes of at least 4 members (excludes halogenated alkanes) is 8. The lowest BCUT2D eigenvalue weighted by Crippen LogP contribution is -2.02. The normalized spacial score (nSPS) is 15.9. The molecular formula is C14H31O2PS3. The lowest BCUT2D eigenvalue weighted by molar-refractivity contribution is 0.307. The van der Waals surface area contributed by atoms with Gasteiger partial charge in [-0.2, -0.15) is 0 Å². The highest BCUT2D eigenvalue weighted by atomic mass is 33.2. The van der Waals surface area contributed by atoms with Crippen LogP contribution in [-0.4, -0.2) is 17.3 Å². The summed E-state index contributed by atoms with van der Waals surface area (Å²) in [7, 11) is -0.552. The molecule has 0 aliphatic rings. The Balaban J connectivity index is 3.69. The molecule has 6 heteroatoms. The van der Waals surface area contributed by atoms with Gasteiger partial charge in [-0.1, -0.05) is 65.2 Å². The summed E-state index contributed by atoms with van der Waals surface area (Å²) in [6.07, 6.45) is 12.0. The molecule has 0 saturated heterocycles. The molecule has 2 unspecified atom stereocenters. The molecule has 0 radical (unpaired) electrons. The maximum absolute atomic E-state index is 10.2. The Bertz CT molecular complexity index is 298. The molecule has 0 amide bonds. The topological polar surface area (TPSA) is 29.5 Å². The van der Waals surface area contributed by atoms with Crippen molar-refractivity contribution in [1.82, 2.24) is 0 Å². The zero-order chi connectivity index (χ0) is 15.3. The van der Waals surface area contributed by atoms with Crippen LogP contribution in [-0.2, 0) is 36.6 Å². The lowest BCUT2D eigenvalue weighted by atomic mass is 10.2. The van der Waals surface area contributed by atoms with Crippen molar-refractivity contribution in [1.29, 1.82) is 0 Å². The summed E-state index contributed by atoms with van der Waals surface area (Å²) in [6.45, 7) is 4.99. The highest BCUT2D eigenvalue weighted by Gasteiger charge is 2.18. The average Bonchev–Trinajstić information content (AvgIpc) is 2.42. The first-order valence-electron chi connectivity index (χ1n) is 7.91. The molecule has 0 spiro atoms. The number of hydrogen-bond donors (Lipinski definition) is 1. The van der Waals surface area contributed by atoms with Gasteiger partial charge >= 0.3 is 0 Å². The summed E-state index contributed by atoms with van der Waals surface area (Å²) in [5.74, 6) is 0.850. The molecule has 0 rings (SSSR count). The van der Waals surface area contributed by atoms with Crippen molar-refractivity contribution < 1.29 is 9.42 Å². The van der Waals surface area contributed by atoms with Crippen LogP contribution in [0, 0.1) is 0 Å². The molecule has 0 bridgehead atoms. The van der Waals surface area contributed by atoms with Gasteiger partial charge in [0.15, 0.2) is 0 Å². The summed E-state index contributed by atoms with van der Waals surface area (Å²) in [6, 6.07) is 0. The third-order valence-electron chi connectivity index (χ3n) is 3.18. The van der Waals surface area contributed by atoms with Crippen LogP contribution in [0.2, 0.25) is 0 Å². The Morgan fingerprint density at radius 1 is 0.900 bits per heavy atom. The summed E-state index contributed by atoms with van der Waals surface area (Å²) >= 11 is 10.6. The van der Waals surface area contributed by atoms with E-state index < -0.39 is 14.8 Å². The van der Waals surface area contributed by atoms with E-state index in [0.717, 1.165) is 25.0 Å². The minimum atomic E-state index is -2.72. The highest BCUT2D eigenvalue weighted by Crippen LogP contribution is 2.47. The average molecular weight is 359 g/mol. The first-order valence-corrected chi connectivity index (χ1v) is 13.5. The molecule has 0 saturated carbocycles. The Hall–Kier alpha value is 1.14. The Morgan fingerprint density at radius 2 is 1.40 bits per heavy atom. The minimum absolute atomic E-state index is 0.552. The third-order valence-corrected chi connectivity index (χ3v) is 12.4. The van der Waals surface area contributed by atoms with E-state index in [1.165, 1.54) is 44.9 Å². The second-order valence-corrected chi connectivity index (χ2v) is 14.3. The van der Waals surface area contributed by atoms with E-state index in [1.54, 1.807) is 0 Å². The molecule has 0 aromatic rings. The van der Waals surface area contributed by atoms with Crippen molar-refractivity contribution in [2.45, 2.75) is 78.1 Å². The van der Waals surface area contributed by atoms with Crippen molar-refractivity contribution in [3.05, 3.63) is 0 Å². The van der Waals surface area contributed by atoms with E-state index in [-0.39, 0.29) is 0 Å². The molecule has 20 heavy (non-hydrogen) atoms. The van der Waals surface area contributed by atoms with Gasteiger partial charge in [0.2, 0.25) is 5.69 Å². The highest BCUT2D eigenvalue weighted by molar-refractivity contribution is 8.74. The SMILES string of the molecule is CCCCCCCOP(O)(=S)S(=S)CCCCCCC. The predicted molar refractivity (Wildman–Crippen MR) is 99.6 cm³/mol. The molecule has 0 aromatic heterocycles. The molecule has 2 atom stereocenters. The van der Waals surface area contributed by atoms with Crippen LogP contribution >= 0.6 is 5.69 Å². The lowest BCUT2D eigenvalue weighted by Gasteiger charge is -2.17. The molecule has 0 aliphatic carbocycles. The van der Waals surface area contributed by atoms with Gasteiger partial charge in [-0.25, -0.2) is 0 Å². The van der Waals surface area contributed by atoms with Crippen LogP contribution < -0.4 is 0 Å². The van der Waals surface area contributed by atoms with Gasteiger partial charge in [-0.05, 0) is 44.9 Å². The van der Waals surface area contributed by atoms with Gasteiger partial charge < -0.3 is 9.42 Å². The zero-order valence-electron chi connectivity index (χ0n) is 13.0. The molecule has 0 aromatic carbocycles. The summed E-state index contributed by atoms with van der Waals surface area (Å²) < 4.78 is 5.54. The summed E-state index contributed by atoms with van der Waals surface area (Å²) in [4.78, 5) is 10.2. The summed E-state index contributed by atoms with van der Waals surface area (Å²) in [5, 5.41) is 0. The van der Waals surface area contributed by atoms with Crippen LogP contribution in [0.1, 0.15) is 78.1 Å². The van der Waals surface area contributed by atoms with Crippen molar-refractivity contribution >= 4 is 37.8 Å². The summed E-state index contributed by atoms with van der Waals surface area (Å²) in [5.41, 5.74) is -2.72. The fourth-order valence-electron chi connectivity index (χ4n) is 1.89. The number of rotatable bonds is 14. The monoisotopic (exact) mass is 358 g/mol. The van der Waals surface area contributed by atoms with Gasteiger partial charge in [-0.3, -0.25) is 0 Å². The van der Waals surface area contributed by atoms with Gasteiger partial charge in [0.1, 0.15) is 0 Å². The van der Waals surface area contributed by atoms with Gasteiger partial charge in [-0.15, -0.1) is 0 Å². The van der Waals surface area contributed by atoms with E-state index in [2.05, 4.69) is 13.8 Å². The van der Waals surface area contributed by atoms with Gasteiger partial charge in [0, 0.05) is 5.75 Å². The second kappa shape index (κ2) is 13.8. The smallest absolute Gasteiger partial charge is 0.248 e. The number of hydrogen-bond acceptors (Lipinski definition) is 3. The van der Waals surface area contributed by atoms with E-state index in [9.17, 15) is 4.89 Å². The van der Waals surface area contributed by atoms with E-state index in [4.69, 9.17) is 27.5 Å². The molecule has 1 N–H and O–H groups in total. The Morgan fingerprint density at radius 3 is 1.95 bits per heavy atom. The van der Waals surface area contributed by atoms with Crippen molar-refractivity contribution in [3.63, 3.8) is 0 Å². The molecular weight excluding hydrogens is 327 g/mol. The second-order valence-electron chi connectivity index (χ2n) is 5.16. The molecule has 0 fully saturated rings. The van der Waals surface area contributed by atoms with Crippen molar-refractivity contribution in [2.24, 2.45) is 0 Å².